The lowest BCUT2D eigenvalue weighted by atomic mass is 9.86. The summed E-state index contributed by atoms with van der Waals surface area (Å²) in [7, 11) is 0. The molecule has 0 saturated carbocycles. The molecule has 0 amide bonds. The minimum absolute atomic E-state index is 0.435. The zero-order valence-electron chi connectivity index (χ0n) is 17.2. The first-order chi connectivity index (χ1) is 14.8. The van der Waals surface area contributed by atoms with Crippen LogP contribution in [-0.2, 0) is 6.54 Å². The molecular formula is C23H27N7. The SMILES string of the molecule is CCC(c1c[nH]c2ccc(-n3cnnc3)cc12)C1CNCCN1Cc1ccncc1. The Labute approximate surface area is 176 Å². The van der Waals surface area contributed by atoms with E-state index < -0.39 is 0 Å². The highest BCUT2D eigenvalue weighted by atomic mass is 15.2. The number of aromatic nitrogens is 5. The lowest BCUT2D eigenvalue weighted by Crippen LogP contribution is -2.53. The maximum atomic E-state index is 4.17. The number of pyridine rings is 1. The van der Waals surface area contributed by atoms with Crippen LogP contribution in [0, 0.1) is 0 Å². The minimum Gasteiger partial charge on any atom is -0.361 e. The molecule has 5 rings (SSSR count). The molecule has 0 bridgehead atoms. The van der Waals surface area contributed by atoms with Crippen molar-refractivity contribution in [2.45, 2.75) is 31.8 Å². The third-order valence-electron chi connectivity index (χ3n) is 6.25. The maximum Gasteiger partial charge on any atom is 0.123 e. The van der Waals surface area contributed by atoms with Crippen molar-refractivity contribution in [1.29, 1.82) is 0 Å². The van der Waals surface area contributed by atoms with Crippen molar-refractivity contribution in [2.24, 2.45) is 0 Å². The van der Waals surface area contributed by atoms with Gasteiger partial charge in [-0.15, -0.1) is 10.2 Å². The summed E-state index contributed by atoms with van der Waals surface area (Å²) in [6, 6.07) is 11.2. The van der Waals surface area contributed by atoms with E-state index in [1.165, 1.54) is 22.0 Å². The molecule has 1 aliphatic heterocycles. The largest absolute Gasteiger partial charge is 0.361 e. The van der Waals surface area contributed by atoms with Gasteiger partial charge in [-0.1, -0.05) is 6.92 Å². The Balaban J connectivity index is 1.49. The molecule has 3 aromatic heterocycles. The van der Waals surface area contributed by atoms with E-state index in [-0.39, 0.29) is 0 Å². The highest BCUT2D eigenvalue weighted by molar-refractivity contribution is 5.85. The van der Waals surface area contributed by atoms with Crippen LogP contribution in [0.5, 0.6) is 0 Å². The lowest BCUT2D eigenvalue weighted by Gasteiger charge is -2.40. The molecule has 0 spiro atoms. The van der Waals surface area contributed by atoms with Crippen molar-refractivity contribution in [3.8, 4) is 5.69 Å². The number of nitrogens with zero attached hydrogens (tertiary/aromatic N) is 5. The van der Waals surface area contributed by atoms with E-state index in [4.69, 9.17) is 0 Å². The Bertz CT molecular complexity index is 1090. The summed E-state index contributed by atoms with van der Waals surface area (Å²) in [5.41, 5.74) is 4.96. The molecular weight excluding hydrogens is 374 g/mol. The minimum atomic E-state index is 0.435. The van der Waals surface area contributed by atoms with Crippen molar-refractivity contribution < 1.29 is 0 Å². The summed E-state index contributed by atoms with van der Waals surface area (Å²) in [6.07, 6.45) is 10.5. The van der Waals surface area contributed by atoms with E-state index >= 15 is 0 Å². The lowest BCUT2D eigenvalue weighted by molar-refractivity contribution is 0.128. The molecule has 30 heavy (non-hydrogen) atoms. The quantitative estimate of drug-likeness (QED) is 0.519. The molecule has 2 atom stereocenters. The van der Waals surface area contributed by atoms with Crippen LogP contribution in [0.4, 0.5) is 0 Å². The summed E-state index contributed by atoms with van der Waals surface area (Å²) in [5.74, 6) is 0.435. The standard InChI is InChI=1S/C23H27N7/c1-2-19(23-13-25-9-10-29(23)14-17-5-7-24-8-6-17)21-12-26-22-4-3-18(11-20(21)22)30-15-27-28-16-30/h3-8,11-12,15-16,19,23,25-26H,2,9-10,13-14H2,1H3. The first kappa shape index (κ1) is 19.0. The predicted molar refractivity (Wildman–Crippen MR) is 118 cm³/mol. The number of benzene rings is 1. The molecule has 7 nitrogen and oxygen atoms in total. The molecule has 154 valence electrons. The Morgan fingerprint density at radius 1 is 1.13 bits per heavy atom. The van der Waals surface area contributed by atoms with Crippen LogP contribution in [0.2, 0.25) is 0 Å². The van der Waals surface area contributed by atoms with Gasteiger partial charge in [-0.3, -0.25) is 14.5 Å². The van der Waals surface area contributed by atoms with E-state index in [2.05, 4.69) is 73.8 Å². The van der Waals surface area contributed by atoms with Crippen molar-refractivity contribution in [3.05, 3.63) is 72.7 Å². The average molecular weight is 402 g/mol. The van der Waals surface area contributed by atoms with E-state index in [1.54, 1.807) is 12.7 Å². The van der Waals surface area contributed by atoms with E-state index in [0.717, 1.165) is 38.3 Å². The van der Waals surface area contributed by atoms with Gasteiger partial charge in [-0.05, 0) is 47.9 Å². The van der Waals surface area contributed by atoms with Crippen LogP contribution in [-0.4, -0.2) is 55.3 Å². The highest BCUT2D eigenvalue weighted by Crippen LogP contribution is 2.34. The normalized spacial score (nSPS) is 18.6. The van der Waals surface area contributed by atoms with Crippen molar-refractivity contribution >= 4 is 10.9 Å². The topological polar surface area (TPSA) is 74.7 Å². The number of aromatic amines is 1. The van der Waals surface area contributed by atoms with E-state index in [0.29, 0.717) is 12.0 Å². The molecule has 1 aliphatic rings. The van der Waals surface area contributed by atoms with E-state index in [1.807, 2.05) is 17.0 Å². The molecule has 0 aliphatic carbocycles. The van der Waals surface area contributed by atoms with Gasteiger partial charge in [-0.2, -0.15) is 0 Å². The molecule has 4 heterocycles. The summed E-state index contributed by atoms with van der Waals surface area (Å²) in [5, 5.41) is 12.8. The van der Waals surface area contributed by atoms with Crippen LogP contribution >= 0.6 is 0 Å². The molecule has 1 saturated heterocycles. The summed E-state index contributed by atoms with van der Waals surface area (Å²) < 4.78 is 1.95. The van der Waals surface area contributed by atoms with Crippen LogP contribution in [0.1, 0.15) is 30.4 Å². The third-order valence-corrected chi connectivity index (χ3v) is 6.25. The number of nitrogens with one attached hydrogen (secondary N) is 2. The first-order valence-corrected chi connectivity index (χ1v) is 10.6. The van der Waals surface area contributed by atoms with Crippen LogP contribution < -0.4 is 5.32 Å². The fraction of sp³-hybridized carbons (Fsp3) is 0.348. The second-order valence-corrected chi connectivity index (χ2v) is 7.96. The van der Waals surface area contributed by atoms with E-state index in [9.17, 15) is 0 Å². The monoisotopic (exact) mass is 401 g/mol. The highest BCUT2D eigenvalue weighted by Gasteiger charge is 2.31. The van der Waals surface area contributed by atoms with Crippen LogP contribution in [0.25, 0.3) is 16.6 Å². The van der Waals surface area contributed by atoms with Crippen molar-refractivity contribution in [3.63, 3.8) is 0 Å². The number of rotatable bonds is 6. The molecule has 1 fully saturated rings. The molecule has 0 radical (unpaired) electrons. The van der Waals surface area contributed by atoms with Gasteiger partial charge in [0.25, 0.3) is 0 Å². The van der Waals surface area contributed by atoms with Gasteiger partial charge in [-0.25, -0.2) is 0 Å². The Kier molecular flexibility index (Phi) is 5.29. The Morgan fingerprint density at radius 3 is 2.77 bits per heavy atom. The first-order valence-electron chi connectivity index (χ1n) is 10.6. The van der Waals surface area contributed by atoms with Gasteiger partial charge in [0, 0.05) is 73.3 Å². The van der Waals surface area contributed by atoms with Crippen molar-refractivity contribution in [2.75, 3.05) is 19.6 Å². The summed E-state index contributed by atoms with van der Waals surface area (Å²) in [6.45, 7) is 6.34. The second-order valence-electron chi connectivity index (χ2n) is 7.96. The number of H-pyrrole nitrogens is 1. The molecule has 7 heteroatoms. The average Bonchev–Trinajstić information content (AvgIpc) is 3.46. The summed E-state index contributed by atoms with van der Waals surface area (Å²) >= 11 is 0. The fourth-order valence-corrected chi connectivity index (χ4v) is 4.71. The van der Waals surface area contributed by atoms with Gasteiger partial charge in [0.15, 0.2) is 0 Å². The Hall–Kier alpha value is -3.03. The van der Waals surface area contributed by atoms with Crippen LogP contribution in [0.3, 0.4) is 0 Å². The molecule has 1 aromatic carbocycles. The van der Waals surface area contributed by atoms with Crippen molar-refractivity contribution in [1.82, 2.24) is 34.9 Å². The smallest absolute Gasteiger partial charge is 0.123 e. The van der Waals surface area contributed by atoms with Crippen LogP contribution in [0.15, 0.2) is 61.6 Å². The predicted octanol–water partition coefficient (Wildman–Crippen LogP) is 3.11. The molecule has 2 unspecified atom stereocenters. The van der Waals surface area contributed by atoms with Gasteiger partial charge < -0.3 is 10.3 Å². The summed E-state index contributed by atoms with van der Waals surface area (Å²) in [4.78, 5) is 10.3. The maximum absolute atomic E-state index is 4.17. The van der Waals surface area contributed by atoms with Gasteiger partial charge in [0.2, 0.25) is 0 Å². The number of hydrogen-bond donors (Lipinski definition) is 2. The zero-order chi connectivity index (χ0) is 20.3. The second kappa shape index (κ2) is 8.38. The number of piperazine rings is 1. The number of hydrogen-bond acceptors (Lipinski definition) is 5. The Morgan fingerprint density at radius 2 is 1.97 bits per heavy atom. The third kappa shape index (κ3) is 3.62. The van der Waals surface area contributed by atoms with Gasteiger partial charge >= 0.3 is 0 Å². The van der Waals surface area contributed by atoms with Gasteiger partial charge in [0.05, 0.1) is 0 Å². The van der Waals surface area contributed by atoms with Gasteiger partial charge in [0.1, 0.15) is 12.7 Å². The number of fused-ring (bicyclic) bond motifs is 1. The molecule has 2 N–H and O–H groups in total. The zero-order valence-corrected chi connectivity index (χ0v) is 17.2. The fourth-order valence-electron chi connectivity index (χ4n) is 4.71. The molecule has 4 aromatic rings.